The number of rotatable bonds is 5. The smallest absolute Gasteiger partial charge is 0.353 e. The van der Waals surface area contributed by atoms with Gasteiger partial charge in [-0.3, -0.25) is 10.2 Å². The Hall–Kier alpha value is -1.37. The van der Waals surface area contributed by atoms with Crippen molar-refractivity contribution >= 4 is 35.6 Å². The number of thioether (sulfide) groups is 1. The number of hydrogen-bond donors (Lipinski definition) is 1. The number of hydrogen-bond acceptors (Lipinski definition) is 6. The molecule has 0 aromatic carbocycles. The lowest BCUT2D eigenvalue weighted by Crippen LogP contribution is -2.42. The van der Waals surface area contributed by atoms with Gasteiger partial charge in [0.05, 0.1) is 11.8 Å². The summed E-state index contributed by atoms with van der Waals surface area (Å²) >= 11 is 1.61. The van der Waals surface area contributed by atoms with Gasteiger partial charge in [-0.25, -0.2) is 4.79 Å². The van der Waals surface area contributed by atoms with Crippen LogP contribution in [0.15, 0.2) is 0 Å². The summed E-state index contributed by atoms with van der Waals surface area (Å²) < 4.78 is 5.08. The van der Waals surface area contributed by atoms with Crippen molar-refractivity contribution in [2.24, 2.45) is 5.92 Å². The molecule has 1 N–H and O–H groups in total. The molecule has 1 amide bonds. The third kappa shape index (κ3) is 4.63. The Bertz CT molecular complexity index is 411. The highest BCUT2D eigenvalue weighted by Gasteiger charge is 2.34. The van der Waals surface area contributed by atoms with Crippen molar-refractivity contribution < 1.29 is 19.1 Å². The molecule has 7 heteroatoms. The Kier molecular flexibility index (Phi) is 5.74. The van der Waals surface area contributed by atoms with Crippen LogP contribution in [0.2, 0.25) is 0 Å². The van der Waals surface area contributed by atoms with Crippen LogP contribution >= 0.6 is 11.8 Å². The highest BCUT2D eigenvalue weighted by molar-refractivity contribution is 7.99. The van der Waals surface area contributed by atoms with E-state index in [1.54, 1.807) is 37.4 Å². The number of nitrogens with zero attached hydrogens (tertiary/aromatic N) is 1. The van der Waals surface area contributed by atoms with Crippen molar-refractivity contribution in [3.05, 3.63) is 0 Å². The maximum absolute atomic E-state index is 12.3. The van der Waals surface area contributed by atoms with E-state index in [2.05, 4.69) is 0 Å². The molecule has 1 aliphatic heterocycles. The van der Waals surface area contributed by atoms with Gasteiger partial charge in [-0.2, -0.15) is 0 Å². The lowest BCUT2D eigenvalue weighted by atomic mass is 9.98. The van der Waals surface area contributed by atoms with Crippen molar-refractivity contribution in [2.45, 2.75) is 32.8 Å². The summed E-state index contributed by atoms with van der Waals surface area (Å²) in [6.07, 6.45) is 0.392. The first-order chi connectivity index (χ1) is 9.26. The van der Waals surface area contributed by atoms with E-state index in [1.807, 2.05) is 0 Å². The number of aldehydes is 1. The Morgan fingerprint density at radius 1 is 1.45 bits per heavy atom. The van der Waals surface area contributed by atoms with Crippen LogP contribution in [-0.2, 0) is 19.1 Å². The molecular formula is C13H20N2O4S. The third-order valence-electron chi connectivity index (χ3n) is 2.66. The van der Waals surface area contributed by atoms with E-state index in [4.69, 9.17) is 10.1 Å². The molecule has 0 spiro atoms. The van der Waals surface area contributed by atoms with Gasteiger partial charge in [-0.15, -0.1) is 11.8 Å². The molecule has 0 saturated carbocycles. The zero-order valence-electron chi connectivity index (χ0n) is 12.0. The summed E-state index contributed by atoms with van der Waals surface area (Å²) in [4.78, 5) is 36.4. The summed E-state index contributed by atoms with van der Waals surface area (Å²) in [5.41, 5.74) is -1.18. The standard InChI is InChI=1S/C13H20N2O4S/c1-13(2,3)19-12(18)10(14)9(4-6-16)11(17)15-5-7-20-8-15/h6,9,14H,4-5,7-8H2,1-3H3/t9-/m0/s1. The molecule has 0 aromatic heterocycles. The minimum absolute atomic E-state index is 0.169. The normalized spacial score (nSPS) is 16.6. The van der Waals surface area contributed by atoms with Crippen LogP contribution in [0.5, 0.6) is 0 Å². The van der Waals surface area contributed by atoms with Crippen LogP contribution in [-0.4, -0.2) is 52.5 Å². The van der Waals surface area contributed by atoms with E-state index >= 15 is 0 Å². The maximum atomic E-state index is 12.3. The fraction of sp³-hybridized carbons (Fsp3) is 0.692. The molecule has 1 rings (SSSR count). The summed E-state index contributed by atoms with van der Waals surface area (Å²) in [5.74, 6) is -0.863. The molecule has 1 atom stereocenters. The van der Waals surface area contributed by atoms with Gasteiger partial charge in [0, 0.05) is 18.7 Å². The highest BCUT2D eigenvalue weighted by atomic mass is 32.2. The molecule has 1 aliphatic rings. The van der Waals surface area contributed by atoms with Gasteiger partial charge in [0.2, 0.25) is 5.91 Å². The summed E-state index contributed by atoms with van der Waals surface area (Å²) in [6, 6.07) is 0. The number of carbonyl (C=O) groups is 3. The molecule has 1 fully saturated rings. The predicted molar refractivity (Wildman–Crippen MR) is 76.8 cm³/mol. The second-order valence-corrected chi connectivity index (χ2v) is 6.58. The summed E-state index contributed by atoms with van der Waals surface area (Å²) in [7, 11) is 0. The molecule has 0 radical (unpaired) electrons. The number of amides is 1. The van der Waals surface area contributed by atoms with Crippen molar-refractivity contribution in [1.82, 2.24) is 4.90 Å². The zero-order chi connectivity index (χ0) is 15.3. The van der Waals surface area contributed by atoms with Crippen molar-refractivity contribution in [3.63, 3.8) is 0 Å². The second kappa shape index (κ2) is 6.88. The molecule has 20 heavy (non-hydrogen) atoms. The first-order valence-electron chi connectivity index (χ1n) is 6.38. The van der Waals surface area contributed by atoms with Crippen LogP contribution < -0.4 is 0 Å². The van der Waals surface area contributed by atoms with Gasteiger partial charge < -0.3 is 14.4 Å². The van der Waals surface area contributed by atoms with Crippen LogP contribution in [0, 0.1) is 11.3 Å². The molecule has 112 valence electrons. The lowest BCUT2D eigenvalue weighted by molar-refractivity contribution is -0.147. The Labute approximate surface area is 122 Å². The number of esters is 1. The fourth-order valence-electron chi connectivity index (χ4n) is 1.72. The SMILES string of the molecule is CC(C)(C)OC(=O)C(=N)[C@H](CC=O)C(=O)N1CCSC1. The van der Waals surface area contributed by atoms with Gasteiger partial charge in [0.1, 0.15) is 17.6 Å². The first kappa shape index (κ1) is 16.7. The summed E-state index contributed by atoms with van der Waals surface area (Å²) in [5, 5.41) is 7.84. The van der Waals surface area contributed by atoms with E-state index in [9.17, 15) is 14.4 Å². The Balaban J connectivity index is 2.78. The average Bonchev–Trinajstić information content (AvgIpc) is 2.86. The molecule has 1 saturated heterocycles. The Morgan fingerprint density at radius 2 is 2.10 bits per heavy atom. The van der Waals surface area contributed by atoms with Gasteiger partial charge in [0.15, 0.2) is 0 Å². The number of carbonyl (C=O) groups excluding carboxylic acids is 3. The average molecular weight is 300 g/mol. The van der Waals surface area contributed by atoms with Crippen LogP contribution in [0.1, 0.15) is 27.2 Å². The van der Waals surface area contributed by atoms with E-state index in [0.717, 1.165) is 5.75 Å². The minimum atomic E-state index is -1.04. The van der Waals surface area contributed by atoms with E-state index < -0.39 is 23.2 Å². The molecule has 0 unspecified atom stereocenters. The summed E-state index contributed by atoms with van der Waals surface area (Å²) in [6.45, 7) is 5.64. The maximum Gasteiger partial charge on any atom is 0.353 e. The third-order valence-corrected chi connectivity index (χ3v) is 3.63. The predicted octanol–water partition coefficient (Wildman–Crippen LogP) is 1.09. The van der Waals surface area contributed by atoms with E-state index in [0.29, 0.717) is 18.7 Å². The zero-order valence-corrected chi connectivity index (χ0v) is 12.8. The van der Waals surface area contributed by atoms with Gasteiger partial charge >= 0.3 is 5.97 Å². The molecule has 6 nitrogen and oxygen atoms in total. The van der Waals surface area contributed by atoms with Crippen molar-refractivity contribution in [3.8, 4) is 0 Å². The molecule has 0 aliphatic carbocycles. The van der Waals surface area contributed by atoms with Crippen LogP contribution in [0.4, 0.5) is 0 Å². The van der Waals surface area contributed by atoms with Gasteiger partial charge in [-0.1, -0.05) is 0 Å². The quantitative estimate of drug-likeness (QED) is 0.466. The topological polar surface area (TPSA) is 87.5 Å². The van der Waals surface area contributed by atoms with Gasteiger partial charge in [0.25, 0.3) is 0 Å². The van der Waals surface area contributed by atoms with E-state index in [-0.39, 0.29) is 12.3 Å². The highest BCUT2D eigenvalue weighted by Crippen LogP contribution is 2.19. The lowest BCUT2D eigenvalue weighted by Gasteiger charge is -2.24. The molecule has 0 aromatic rings. The largest absolute Gasteiger partial charge is 0.455 e. The number of nitrogens with one attached hydrogen (secondary N) is 1. The fourth-order valence-corrected chi connectivity index (χ4v) is 2.68. The molecule has 1 heterocycles. The van der Waals surface area contributed by atoms with Crippen LogP contribution in [0.3, 0.4) is 0 Å². The van der Waals surface area contributed by atoms with Gasteiger partial charge in [-0.05, 0) is 20.8 Å². The Morgan fingerprint density at radius 3 is 2.55 bits per heavy atom. The van der Waals surface area contributed by atoms with Crippen LogP contribution in [0.25, 0.3) is 0 Å². The first-order valence-corrected chi connectivity index (χ1v) is 7.53. The monoisotopic (exact) mass is 300 g/mol. The number of ether oxygens (including phenoxy) is 1. The van der Waals surface area contributed by atoms with E-state index in [1.165, 1.54) is 0 Å². The second-order valence-electron chi connectivity index (χ2n) is 5.51. The van der Waals surface area contributed by atoms with Crippen molar-refractivity contribution in [2.75, 3.05) is 18.2 Å². The molecular weight excluding hydrogens is 280 g/mol. The van der Waals surface area contributed by atoms with Crippen molar-refractivity contribution in [1.29, 1.82) is 5.41 Å². The minimum Gasteiger partial charge on any atom is -0.455 e. The molecule has 0 bridgehead atoms.